The summed E-state index contributed by atoms with van der Waals surface area (Å²) in [7, 11) is 0. The Hall–Kier alpha value is -9.46. The zero-order valence-corrected chi connectivity index (χ0v) is 46.3. The van der Waals surface area contributed by atoms with Crippen LogP contribution in [-0.2, 0) is 0 Å². The molecule has 0 fully saturated rings. The van der Waals surface area contributed by atoms with Crippen LogP contribution >= 0.6 is 22.7 Å². The van der Waals surface area contributed by atoms with E-state index in [1.54, 1.807) is 0 Å². The fourth-order valence-corrected chi connectivity index (χ4v) is 14.7. The second-order valence-corrected chi connectivity index (χ2v) is 23.4. The maximum Gasteiger partial charge on any atom is 0.235 e. The van der Waals surface area contributed by atoms with Crippen molar-refractivity contribution in [2.45, 2.75) is 27.7 Å². The van der Waals surface area contributed by atoms with Crippen LogP contribution in [0.2, 0.25) is 0 Å². The molecular formula is C74H52N4S2. The molecule has 380 valence electrons. The van der Waals surface area contributed by atoms with E-state index in [0.29, 0.717) is 5.95 Å². The maximum atomic E-state index is 5.76. The molecule has 0 atom stereocenters. The van der Waals surface area contributed by atoms with Crippen LogP contribution in [0, 0.1) is 27.7 Å². The number of nitrogens with zero attached hydrogens (tertiary/aromatic N) is 4. The summed E-state index contributed by atoms with van der Waals surface area (Å²) < 4.78 is 7.33. The van der Waals surface area contributed by atoms with Crippen LogP contribution in [-0.4, -0.2) is 14.5 Å². The van der Waals surface area contributed by atoms with Crippen molar-refractivity contribution in [3.63, 3.8) is 0 Å². The molecule has 0 amide bonds. The zero-order valence-electron chi connectivity index (χ0n) is 44.7. The summed E-state index contributed by atoms with van der Waals surface area (Å²) in [5.41, 5.74) is 21.2. The molecule has 11 aromatic carbocycles. The Morgan fingerprint density at radius 3 is 1.50 bits per heavy atom. The molecular weight excluding hydrogens is 1010 g/mol. The number of fused-ring (bicyclic) bond motifs is 9. The third-order valence-corrected chi connectivity index (χ3v) is 18.1. The molecule has 0 spiro atoms. The van der Waals surface area contributed by atoms with Crippen LogP contribution < -0.4 is 4.90 Å². The molecule has 0 unspecified atom stereocenters. The van der Waals surface area contributed by atoms with E-state index >= 15 is 0 Å². The smallest absolute Gasteiger partial charge is 0.235 e. The highest BCUT2D eigenvalue weighted by Crippen LogP contribution is 2.47. The molecule has 0 saturated carbocycles. The van der Waals surface area contributed by atoms with E-state index in [0.717, 1.165) is 72.5 Å². The SMILES string of the molecule is Cc1cc(C)cc(-c2cccc(N(c3cccc(-c4cc(C)cc(C)c4)c3)c3ccc4c5cc6sc7ccccc7c6cc5n(-c5nc(-c6ccccc6)cc(-c6cccc7c6sc6c(-c8ccccc8)cccc67)n5)c4c3)c2)c1. The van der Waals surface area contributed by atoms with Crippen molar-refractivity contribution < 1.29 is 0 Å². The number of aryl methyl sites for hydroxylation is 4. The van der Waals surface area contributed by atoms with Crippen LogP contribution in [0.4, 0.5) is 17.1 Å². The molecule has 4 aromatic heterocycles. The van der Waals surface area contributed by atoms with Crippen molar-refractivity contribution in [1.82, 2.24) is 14.5 Å². The van der Waals surface area contributed by atoms with Gasteiger partial charge in [0.1, 0.15) is 0 Å². The van der Waals surface area contributed by atoms with Gasteiger partial charge >= 0.3 is 0 Å². The van der Waals surface area contributed by atoms with Gasteiger partial charge in [-0.3, -0.25) is 4.57 Å². The lowest BCUT2D eigenvalue weighted by atomic mass is 9.99. The average Bonchev–Trinajstić information content (AvgIpc) is 4.37. The molecule has 80 heavy (non-hydrogen) atoms. The fourth-order valence-electron chi connectivity index (χ4n) is 12.3. The number of rotatable bonds is 9. The number of hydrogen-bond donors (Lipinski definition) is 0. The Morgan fingerprint density at radius 2 is 0.838 bits per heavy atom. The van der Waals surface area contributed by atoms with E-state index in [1.807, 2.05) is 22.7 Å². The lowest BCUT2D eigenvalue weighted by Gasteiger charge is -2.27. The lowest BCUT2D eigenvalue weighted by Crippen LogP contribution is -2.10. The minimum Gasteiger partial charge on any atom is -0.310 e. The highest BCUT2D eigenvalue weighted by molar-refractivity contribution is 7.27. The highest BCUT2D eigenvalue weighted by atomic mass is 32.1. The minimum absolute atomic E-state index is 0.612. The van der Waals surface area contributed by atoms with E-state index in [9.17, 15) is 0 Å². The zero-order chi connectivity index (χ0) is 53.6. The van der Waals surface area contributed by atoms with Gasteiger partial charge in [-0.05, 0) is 122 Å². The van der Waals surface area contributed by atoms with Gasteiger partial charge in [0.2, 0.25) is 5.95 Å². The van der Waals surface area contributed by atoms with Gasteiger partial charge in [0, 0.05) is 79.3 Å². The van der Waals surface area contributed by atoms with Gasteiger partial charge in [0.05, 0.1) is 22.4 Å². The second kappa shape index (κ2) is 19.2. The van der Waals surface area contributed by atoms with E-state index in [2.05, 4.69) is 280 Å². The molecule has 6 heteroatoms. The normalized spacial score (nSPS) is 11.8. The van der Waals surface area contributed by atoms with Gasteiger partial charge in [-0.1, -0.05) is 204 Å². The number of benzene rings is 11. The third kappa shape index (κ3) is 8.26. The predicted octanol–water partition coefficient (Wildman–Crippen LogP) is 21.3. The molecule has 0 aliphatic carbocycles. The van der Waals surface area contributed by atoms with Crippen molar-refractivity contribution >= 4 is 102 Å². The van der Waals surface area contributed by atoms with Crippen molar-refractivity contribution in [3.8, 4) is 61.8 Å². The van der Waals surface area contributed by atoms with E-state index in [4.69, 9.17) is 9.97 Å². The van der Waals surface area contributed by atoms with E-state index in [1.165, 1.54) is 84.9 Å². The summed E-state index contributed by atoms with van der Waals surface area (Å²) in [4.78, 5) is 13.8. The Kier molecular flexibility index (Phi) is 11.4. The number of hydrogen-bond acceptors (Lipinski definition) is 5. The van der Waals surface area contributed by atoms with E-state index in [-0.39, 0.29) is 0 Å². The third-order valence-electron chi connectivity index (χ3n) is 15.7. The summed E-state index contributed by atoms with van der Waals surface area (Å²) in [6.45, 7) is 8.72. The van der Waals surface area contributed by atoms with E-state index < -0.39 is 0 Å². The Morgan fingerprint density at radius 1 is 0.312 bits per heavy atom. The first kappa shape index (κ1) is 47.7. The first-order valence-electron chi connectivity index (χ1n) is 27.3. The number of thiophene rings is 2. The van der Waals surface area contributed by atoms with Crippen LogP contribution in [0.15, 0.2) is 243 Å². The number of aromatic nitrogens is 3. The summed E-state index contributed by atoms with van der Waals surface area (Å²) in [5.74, 6) is 0.612. The van der Waals surface area contributed by atoms with Crippen molar-refractivity contribution in [3.05, 3.63) is 265 Å². The fraction of sp³-hybridized carbons (Fsp3) is 0.0541. The molecule has 0 aliphatic rings. The summed E-state index contributed by atoms with van der Waals surface area (Å²) >= 11 is 3.70. The summed E-state index contributed by atoms with van der Waals surface area (Å²) in [6, 6.07) is 89.1. The second-order valence-electron chi connectivity index (χ2n) is 21.3. The minimum atomic E-state index is 0.612. The molecule has 0 radical (unpaired) electrons. The topological polar surface area (TPSA) is 34.0 Å². The Balaban J connectivity index is 1.00. The van der Waals surface area contributed by atoms with Gasteiger partial charge in [-0.15, -0.1) is 22.7 Å². The first-order valence-corrected chi connectivity index (χ1v) is 28.9. The monoisotopic (exact) mass is 1060 g/mol. The van der Waals surface area contributed by atoms with Gasteiger partial charge in [0.15, 0.2) is 0 Å². The Bertz CT molecular complexity index is 4810. The molecule has 0 saturated heterocycles. The van der Waals surface area contributed by atoms with Gasteiger partial charge in [0.25, 0.3) is 0 Å². The van der Waals surface area contributed by atoms with Crippen molar-refractivity contribution in [1.29, 1.82) is 0 Å². The quantitative estimate of drug-likeness (QED) is 0.144. The number of anilines is 3. The molecule has 15 aromatic rings. The van der Waals surface area contributed by atoms with Crippen LogP contribution in [0.1, 0.15) is 22.3 Å². The van der Waals surface area contributed by atoms with Crippen molar-refractivity contribution in [2.75, 3.05) is 4.90 Å². The van der Waals surface area contributed by atoms with Gasteiger partial charge in [-0.25, -0.2) is 9.97 Å². The average molecular weight is 1060 g/mol. The summed E-state index contributed by atoms with van der Waals surface area (Å²) in [5, 5.41) is 7.22. The predicted molar refractivity (Wildman–Crippen MR) is 343 cm³/mol. The molecule has 4 nitrogen and oxygen atoms in total. The first-order chi connectivity index (χ1) is 39.2. The summed E-state index contributed by atoms with van der Waals surface area (Å²) in [6.07, 6.45) is 0. The molecule has 15 rings (SSSR count). The highest BCUT2D eigenvalue weighted by Gasteiger charge is 2.24. The molecule has 0 N–H and O–H groups in total. The van der Waals surface area contributed by atoms with Crippen molar-refractivity contribution in [2.24, 2.45) is 0 Å². The van der Waals surface area contributed by atoms with Gasteiger partial charge in [-0.2, -0.15) is 0 Å². The van der Waals surface area contributed by atoms with Crippen LogP contribution in [0.25, 0.3) is 124 Å². The standard InChI is InChI=1S/C74H52N4S2/c1-45-33-46(2)36-53(35-45)51-21-13-23-55(39-51)77(56-24-14-22-52(40-56)54-37-47(3)34-48(4)38-54)57-31-32-59-64-43-71-65(60-25-11-12-30-70(60)79-71)42-69(64)78(68(59)41-57)74-75-66(50-19-9-6-10-20-50)44-67(76-74)63-29-16-28-62-61-27-15-26-58(72(61)80-73(62)63)49-17-7-5-8-18-49/h5-44H,1-4H3. The Labute approximate surface area is 472 Å². The lowest BCUT2D eigenvalue weighted by molar-refractivity contribution is 0.996. The van der Waals surface area contributed by atoms with Crippen LogP contribution in [0.5, 0.6) is 0 Å². The molecule has 4 heterocycles. The largest absolute Gasteiger partial charge is 0.310 e. The maximum absolute atomic E-state index is 5.76. The molecule has 0 bridgehead atoms. The molecule has 0 aliphatic heterocycles. The van der Waals surface area contributed by atoms with Crippen LogP contribution in [0.3, 0.4) is 0 Å². The van der Waals surface area contributed by atoms with Gasteiger partial charge < -0.3 is 4.90 Å².